The third-order valence-electron chi connectivity index (χ3n) is 3.53. The molecule has 1 amide bonds. The SMILES string of the molecule is Cc1ccc(C(C)(C)CNC(=O)C(N)CO)cc1C. The van der Waals surface area contributed by atoms with Crippen LogP contribution in [0.25, 0.3) is 0 Å². The van der Waals surface area contributed by atoms with Crippen LogP contribution >= 0.6 is 0 Å². The molecule has 0 aromatic heterocycles. The molecule has 0 aliphatic rings. The number of nitrogens with one attached hydrogen (secondary N) is 1. The van der Waals surface area contributed by atoms with Gasteiger partial charge in [0.15, 0.2) is 0 Å². The Hall–Kier alpha value is -1.39. The first-order valence-corrected chi connectivity index (χ1v) is 6.50. The molecular formula is C15H24N2O2. The highest BCUT2D eigenvalue weighted by atomic mass is 16.3. The number of rotatable bonds is 5. The summed E-state index contributed by atoms with van der Waals surface area (Å²) in [5, 5.41) is 11.6. The van der Waals surface area contributed by atoms with Gasteiger partial charge in [0.25, 0.3) is 0 Å². The van der Waals surface area contributed by atoms with Crippen LogP contribution in [0.3, 0.4) is 0 Å². The van der Waals surface area contributed by atoms with Crippen LogP contribution in [0.2, 0.25) is 0 Å². The zero-order valence-corrected chi connectivity index (χ0v) is 12.2. The molecule has 106 valence electrons. The van der Waals surface area contributed by atoms with E-state index < -0.39 is 6.04 Å². The molecule has 19 heavy (non-hydrogen) atoms. The van der Waals surface area contributed by atoms with Crippen molar-refractivity contribution in [3.05, 3.63) is 34.9 Å². The van der Waals surface area contributed by atoms with Crippen molar-refractivity contribution >= 4 is 5.91 Å². The molecule has 1 rings (SSSR count). The molecule has 0 aliphatic heterocycles. The van der Waals surface area contributed by atoms with Crippen molar-refractivity contribution in [2.24, 2.45) is 5.73 Å². The van der Waals surface area contributed by atoms with Gasteiger partial charge in [0, 0.05) is 12.0 Å². The summed E-state index contributed by atoms with van der Waals surface area (Å²) >= 11 is 0. The number of hydrogen-bond donors (Lipinski definition) is 3. The van der Waals surface area contributed by atoms with Crippen LogP contribution in [0.15, 0.2) is 18.2 Å². The molecule has 1 aromatic rings. The molecule has 0 aliphatic carbocycles. The van der Waals surface area contributed by atoms with Gasteiger partial charge in [-0.2, -0.15) is 0 Å². The standard InChI is InChI=1S/C15H24N2O2/c1-10-5-6-12(7-11(10)2)15(3,4)9-17-14(19)13(16)8-18/h5-7,13,18H,8-9,16H2,1-4H3,(H,17,19). The predicted molar refractivity (Wildman–Crippen MR) is 77.0 cm³/mol. The van der Waals surface area contributed by atoms with E-state index in [0.29, 0.717) is 6.54 Å². The quantitative estimate of drug-likeness (QED) is 0.743. The minimum Gasteiger partial charge on any atom is -0.394 e. The Labute approximate surface area is 115 Å². The van der Waals surface area contributed by atoms with Crippen molar-refractivity contribution in [2.45, 2.75) is 39.2 Å². The molecule has 0 fully saturated rings. The van der Waals surface area contributed by atoms with Crippen molar-refractivity contribution < 1.29 is 9.90 Å². The summed E-state index contributed by atoms with van der Waals surface area (Å²) in [5.74, 6) is -0.320. The fraction of sp³-hybridized carbons (Fsp3) is 0.533. The summed E-state index contributed by atoms with van der Waals surface area (Å²) in [6, 6.07) is 5.47. The summed E-state index contributed by atoms with van der Waals surface area (Å²) < 4.78 is 0. The van der Waals surface area contributed by atoms with Gasteiger partial charge in [-0.25, -0.2) is 0 Å². The average molecular weight is 264 g/mol. The van der Waals surface area contributed by atoms with Crippen LogP contribution in [0.1, 0.15) is 30.5 Å². The topological polar surface area (TPSA) is 75.4 Å². The van der Waals surface area contributed by atoms with Crippen LogP contribution in [0.4, 0.5) is 0 Å². The minimum absolute atomic E-state index is 0.177. The smallest absolute Gasteiger partial charge is 0.239 e. The fourth-order valence-electron chi connectivity index (χ4n) is 1.79. The highest BCUT2D eigenvalue weighted by Crippen LogP contribution is 2.24. The number of amides is 1. The molecule has 0 bridgehead atoms. The van der Waals surface area contributed by atoms with E-state index in [2.05, 4.69) is 51.2 Å². The zero-order valence-electron chi connectivity index (χ0n) is 12.2. The van der Waals surface area contributed by atoms with Gasteiger partial charge in [0.2, 0.25) is 5.91 Å². The number of carbonyl (C=O) groups excluding carboxylic acids is 1. The first-order valence-electron chi connectivity index (χ1n) is 6.50. The van der Waals surface area contributed by atoms with Crippen LogP contribution in [0.5, 0.6) is 0 Å². The molecule has 0 radical (unpaired) electrons. The maximum atomic E-state index is 11.6. The van der Waals surface area contributed by atoms with Crippen LogP contribution in [-0.4, -0.2) is 30.2 Å². The number of carbonyl (C=O) groups is 1. The number of aryl methyl sites for hydroxylation is 2. The van der Waals surface area contributed by atoms with Gasteiger partial charge >= 0.3 is 0 Å². The van der Waals surface area contributed by atoms with Crippen molar-refractivity contribution in [1.82, 2.24) is 5.32 Å². The predicted octanol–water partition coefficient (Wildman–Crippen LogP) is 1.02. The third-order valence-corrected chi connectivity index (χ3v) is 3.53. The van der Waals surface area contributed by atoms with Crippen LogP contribution < -0.4 is 11.1 Å². The zero-order chi connectivity index (χ0) is 14.6. The normalized spacial score (nSPS) is 13.2. The Morgan fingerprint density at radius 2 is 2.00 bits per heavy atom. The summed E-state index contributed by atoms with van der Waals surface area (Å²) in [6.45, 7) is 8.45. The van der Waals surface area contributed by atoms with E-state index in [1.54, 1.807) is 0 Å². The largest absolute Gasteiger partial charge is 0.394 e. The van der Waals surface area contributed by atoms with E-state index >= 15 is 0 Å². The molecule has 0 spiro atoms. The maximum Gasteiger partial charge on any atom is 0.239 e. The number of hydrogen-bond acceptors (Lipinski definition) is 3. The summed E-state index contributed by atoms with van der Waals surface area (Å²) in [5.41, 5.74) is 8.96. The highest BCUT2D eigenvalue weighted by Gasteiger charge is 2.23. The average Bonchev–Trinajstić information content (AvgIpc) is 2.38. The summed E-state index contributed by atoms with van der Waals surface area (Å²) in [7, 11) is 0. The van der Waals surface area contributed by atoms with Gasteiger partial charge in [-0.3, -0.25) is 4.79 Å². The maximum absolute atomic E-state index is 11.6. The van der Waals surface area contributed by atoms with Crippen molar-refractivity contribution in [3.8, 4) is 0 Å². The summed E-state index contributed by atoms with van der Waals surface area (Å²) in [6.07, 6.45) is 0. The lowest BCUT2D eigenvalue weighted by atomic mass is 9.83. The first kappa shape index (κ1) is 15.7. The van der Waals surface area contributed by atoms with E-state index in [4.69, 9.17) is 10.8 Å². The van der Waals surface area contributed by atoms with E-state index in [1.807, 2.05) is 0 Å². The molecule has 1 unspecified atom stereocenters. The number of aliphatic hydroxyl groups is 1. The van der Waals surface area contributed by atoms with E-state index in [-0.39, 0.29) is 17.9 Å². The second-order valence-corrected chi connectivity index (χ2v) is 5.69. The van der Waals surface area contributed by atoms with Crippen molar-refractivity contribution in [3.63, 3.8) is 0 Å². The molecule has 4 N–H and O–H groups in total. The number of nitrogens with two attached hydrogens (primary N) is 1. The van der Waals surface area contributed by atoms with Gasteiger partial charge in [0.1, 0.15) is 6.04 Å². The van der Waals surface area contributed by atoms with Crippen molar-refractivity contribution in [2.75, 3.05) is 13.2 Å². The van der Waals surface area contributed by atoms with Gasteiger partial charge in [-0.15, -0.1) is 0 Å². The Balaban J connectivity index is 2.75. The molecule has 1 atom stereocenters. The number of benzene rings is 1. The molecule has 4 nitrogen and oxygen atoms in total. The van der Waals surface area contributed by atoms with Crippen LogP contribution in [0, 0.1) is 13.8 Å². The lowest BCUT2D eigenvalue weighted by Crippen LogP contribution is -2.46. The Kier molecular flexibility index (Phi) is 5.09. The van der Waals surface area contributed by atoms with Gasteiger partial charge in [-0.05, 0) is 30.5 Å². The second kappa shape index (κ2) is 6.17. The Morgan fingerprint density at radius 1 is 1.37 bits per heavy atom. The minimum atomic E-state index is -0.851. The molecule has 1 aromatic carbocycles. The van der Waals surface area contributed by atoms with E-state index in [1.165, 1.54) is 16.7 Å². The number of aliphatic hydroxyl groups excluding tert-OH is 1. The molecule has 0 saturated carbocycles. The van der Waals surface area contributed by atoms with Gasteiger partial charge in [0.05, 0.1) is 6.61 Å². The fourth-order valence-corrected chi connectivity index (χ4v) is 1.79. The molecule has 0 heterocycles. The van der Waals surface area contributed by atoms with Crippen molar-refractivity contribution in [1.29, 1.82) is 0 Å². The van der Waals surface area contributed by atoms with E-state index in [9.17, 15) is 4.79 Å². The highest BCUT2D eigenvalue weighted by molar-refractivity contribution is 5.81. The Bertz CT molecular complexity index is 455. The lowest BCUT2D eigenvalue weighted by molar-refractivity contribution is -0.123. The molecule has 4 heteroatoms. The molecular weight excluding hydrogens is 240 g/mol. The summed E-state index contributed by atoms with van der Waals surface area (Å²) in [4.78, 5) is 11.6. The van der Waals surface area contributed by atoms with Gasteiger partial charge in [-0.1, -0.05) is 32.0 Å². The van der Waals surface area contributed by atoms with Gasteiger partial charge < -0.3 is 16.2 Å². The third kappa shape index (κ3) is 4.04. The van der Waals surface area contributed by atoms with Crippen LogP contribution in [-0.2, 0) is 10.2 Å². The van der Waals surface area contributed by atoms with E-state index in [0.717, 1.165) is 0 Å². The second-order valence-electron chi connectivity index (χ2n) is 5.69. The Morgan fingerprint density at radius 3 is 2.53 bits per heavy atom. The molecule has 0 saturated heterocycles. The monoisotopic (exact) mass is 264 g/mol. The first-order chi connectivity index (χ1) is 8.77. The lowest BCUT2D eigenvalue weighted by Gasteiger charge is -2.27.